The lowest BCUT2D eigenvalue weighted by Gasteiger charge is -2.13. The first-order valence-corrected chi connectivity index (χ1v) is 11.9. The van der Waals surface area contributed by atoms with Gasteiger partial charge in [-0.2, -0.15) is 0 Å². The van der Waals surface area contributed by atoms with Crippen molar-refractivity contribution in [3.05, 3.63) is 0 Å². The highest BCUT2D eigenvalue weighted by molar-refractivity contribution is 6.18. The molecular formula is C23H51ClN+. The zero-order valence-electron chi connectivity index (χ0n) is 18.5. The van der Waals surface area contributed by atoms with E-state index in [1.807, 2.05) is 0 Å². The fourth-order valence-electron chi connectivity index (χ4n) is 3.08. The minimum atomic E-state index is 0.790. The molecule has 0 radical (unpaired) electrons. The fourth-order valence-corrected chi connectivity index (χ4v) is 3.39. The van der Waals surface area contributed by atoms with Gasteiger partial charge in [-0.05, 0) is 18.8 Å². The van der Waals surface area contributed by atoms with E-state index in [2.05, 4.69) is 35.0 Å². The van der Waals surface area contributed by atoms with E-state index in [-0.39, 0.29) is 0 Å². The average Bonchev–Trinajstić information content (AvgIpc) is 2.58. The Morgan fingerprint density at radius 2 is 0.840 bits per heavy atom. The third-order valence-electron chi connectivity index (χ3n) is 4.65. The van der Waals surface area contributed by atoms with Crippen molar-refractivity contribution in [3.8, 4) is 0 Å². The smallest absolute Gasteiger partial charge is 0.0661 e. The summed E-state index contributed by atoms with van der Waals surface area (Å²) in [5.41, 5.74) is 0. The van der Waals surface area contributed by atoms with Gasteiger partial charge in [0.15, 0.2) is 0 Å². The molecule has 1 N–H and O–H groups in total. The molecule has 154 valence electrons. The highest BCUT2D eigenvalue weighted by Crippen LogP contribution is 2.20. The summed E-state index contributed by atoms with van der Waals surface area (Å²) in [6.45, 7) is 4.57. The summed E-state index contributed by atoms with van der Waals surface area (Å²) in [5.74, 6) is 1.67. The summed E-state index contributed by atoms with van der Waals surface area (Å²) in [6.07, 6.45) is 22.6. The predicted octanol–water partition coefficient (Wildman–Crippen LogP) is 6.88. The third-order valence-corrected chi connectivity index (χ3v) is 5.09. The first-order valence-electron chi connectivity index (χ1n) is 11.4. The molecule has 0 aromatic heterocycles. The van der Waals surface area contributed by atoms with Crippen molar-refractivity contribution >= 4 is 11.6 Å². The molecule has 0 spiro atoms. The van der Waals surface area contributed by atoms with E-state index < -0.39 is 0 Å². The summed E-state index contributed by atoms with van der Waals surface area (Å²) in [6, 6.07) is 0. The number of nitrogens with one attached hydrogen (secondary N) is 1. The van der Waals surface area contributed by atoms with Gasteiger partial charge in [0.05, 0.1) is 21.1 Å². The van der Waals surface area contributed by atoms with E-state index in [0.717, 1.165) is 11.8 Å². The van der Waals surface area contributed by atoms with Crippen molar-refractivity contribution in [1.29, 1.82) is 0 Å². The van der Waals surface area contributed by atoms with Gasteiger partial charge in [0.2, 0.25) is 0 Å². The molecule has 0 saturated heterocycles. The molecule has 0 aromatic carbocycles. The van der Waals surface area contributed by atoms with E-state index >= 15 is 0 Å². The van der Waals surface area contributed by atoms with Crippen LogP contribution in [0.1, 0.15) is 117 Å². The second kappa shape index (κ2) is 24.2. The topological polar surface area (TPSA) is 4.44 Å². The number of hydrogen-bond acceptors (Lipinski definition) is 0. The number of hydrogen-bond donors (Lipinski definition) is 1. The molecule has 1 atom stereocenters. The largest absolute Gasteiger partial charge is 0.342 e. The highest BCUT2D eigenvalue weighted by atomic mass is 35.5. The zero-order chi connectivity index (χ0) is 19.2. The molecule has 0 rings (SSSR count). The summed E-state index contributed by atoms with van der Waals surface area (Å²) in [5, 5.41) is 0. The second-order valence-electron chi connectivity index (χ2n) is 8.34. The van der Waals surface area contributed by atoms with Crippen LogP contribution >= 0.6 is 11.6 Å². The van der Waals surface area contributed by atoms with Crippen LogP contribution in [-0.4, -0.2) is 27.0 Å². The predicted molar refractivity (Wildman–Crippen MR) is 118 cm³/mol. The van der Waals surface area contributed by atoms with E-state index in [1.165, 1.54) is 108 Å². The maximum absolute atomic E-state index is 6.13. The van der Waals surface area contributed by atoms with Crippen LogP contribution in [0.5, 0.6) is 0 Å². The molecule has 0 aliphatic rings. The molecule has 2 heteroatoms. The van der Waals surface area contributed by atoms with Crippen LogP contribution in [0.2, 0.25) is 0 Å². The number of unbranched alkanes of at least 4 members (excludes halogenated alkanes) is 12. The van der Waals surface area contributed by atoms with Crippen LogP contribution in [0, 0.1) is 5.92 Å². The van der Waals surface area contributed by atoms with Crippen molar-refractivity contribution < 1.29 is 4.90 Å². The Bertz CT molecular complexity index is 215. The van der Waals surface area contributed by atoms with Crippen molar-refractivity contribution in [1.82, 2.24) is 0 Å². The summed E-state index contributed by atoms with van der Waals surface area (Å²) in [4.78, 5) is 1.42. The molecule has 0 aliphatic carbocycles. The van der Waals surface area contributed by atoms with Gasteiger partial charge in [-0.3, -0.25) is 0 Å². The zero-order valence-corrected chi connectivity index (χ0v) is 19.2. The quantitative estimate of drug-likeness (QED) is 0.208. The van der Waals surface area contributed by atoms with Crippen molar-refractivity contribution in [3.63, 3.8) is 0 Å². The SMILES string of the molecule is CCCCCCCCCCC(CCl)CCCCCCCC.C[NH+](C)C. The third kappa shape index (κ3) is 29.3. The minimum Gasteiger partial charge on any atom is -0.342 e. The van der Waals surface area contributed by atoms with Crippen molar-refractivity contribution in [2.75, 3.05) is 27.0 Å². The van der Waals surface area contributed by atoms with Crippen molar-refractivity contribution in [2.24, 2.45) is 5.92 Å². The molecule has 0 heterocycles. The Hall–Kier alpha value is 0.250. The van der Waals surface area contributed by atoms with Gasteiger partial charge in [0.25, 0.3) is 0 Å². The lowest BCUT2D eigenvalue weighted by molar-refractivity contribution is -0.836. The lowest BCUT2D eigenvalue weighted by Crippen LogP contribution is -3.02. The molecule has 0 saturated carbocycles. The average molecular weight is 377 g/mol. The monoisotopic (exact) mass is 376 g/mol. The molecule has 0 bridgehead atoms. The minimum absolute atomic E-state index is 0.790. The number of rotatable bonds is 17. The van der Waals surface area contributed by atoms with Crippen LogP contribution < -0.4 is 4.90 Å². The fraction of sp³-hybridized carbons (Fsp3) is 1.00. The van der Waals surface area contributed by atoms with Gasteiger partial charge >= 0.3 is 0 Å². The number of quaternary nitrogens is 1. The summed E-state index contributed by atoms with van der Waals surface area (Å²) >= 11 is 6.13. The van der Waals surface area contributed by atoms with E-state index in [1.54, 1.807) is 0 Å². The maximum atomic E-state index is 6.13. The molecule has 25 heavy (non-hydrogen) atoms. The Balaban J connectivity index is 0. The molecule has 0 aromatic rings. The first kappa shape index (κ1) is 27.5. The Morgan fingerprint density at radius 1 is 0.560 bits per heavy atom. The molecular weight excluding hydrogens is 326 g/mol. The Morgan fingerprint density at radius 3 is 1.12 bits per heavy atom. The van der Waals surface area contributed by atoms with Gasteiger partial charge in [0, 0.05) is 5.88 Å². The van der Waals surface area contributed by atoms with Gasteiger partial charge in [-0.1, -0.05) is 104 Å². The highest BCUT2D eigenvalue weighted by Gasteiger charge is 2.06. The molecule has 1 nitrogen and oxygen atoms in total. The van der Waals surface area contributed by atoms with Crippen LogP contribution in [0.4, 0.5) is 0 Å². The molecule has 0 fully saturated rings. The molecule has 1 unspecified atom stereocenters. The molecule has 0 amide bonds. The Kier molecular flexibility index (Phi) is 26.6. The van der Waals surface area contributed by atoms with Gasteiger partial charge in [-0.25, -0.2) is 0 Å². The van der Waals surface area contributed by atoms with Crippen LogP contribution in [0.25, 0.3) is 0 Å². The first-order chi connectivity index (χ1) is 12.1. The number of halogens is 1. The second-order valence-corrected chi connectivity index (χ2v) is 8.65. The van der Waals surface area contributed by atoms with Gasteiger partial charge in [-0.15, -0.1) is 11.6 Å². The van der Waals surface area contributed by atoms with Crippen LogP contribution in [-0.2, 0) is 0 Å². The van der Waals surface area contributed by atoms with E-state index in [4.69, 9.17) is 11.6 Å². The Labute approximate surface area is 166 Å². The maximum Gasteiger partial charge on any atom is 0.0661 e. The van der Waals surface area contributed by atoms with Crippen LogP contribution in [0.3, 0.4) is 0 Å². The summed E-state index contributed by atoms with van der Waals surface area (Å²) in [7, 11) is 6.25. The van der Waals surface area contributed by atoms with Crippen LogP contribution in [0.15, 0.2) is 0 Å². The molecule has 0 aliphatic heterocycles. The van der Waals surface area contributed by atoms with Gasteiger partial charge in [0.1, 0.15) is 0 Å². The van der Waals surface area contributed by atoms with Crippen molar-refractivity contribution in [2.45, 2.75) is 117 Å². The summed E-state index contributed by atoms with van der Waals surface area (Å²) < 4.78 is 0. The normalized spacial score (nSPS) is 12.1. The standard InChI is InChI=1S/C20H41Cl.C3H9N/c1-3-5-7-9-11-12-14-16-18-20(19-21)17-15-13-10-8-6-4-2;1-4(2)3/h20H,3-19H2,1-2H3;1-3H3/p+1. The number of alkyl halides is 1. The lowest BCUT2D eigenvalue weighted by atomic mass is 9.95. The van der Waals surface area contributed by atoms with Gasteiger partial charge < -0.3 is 4.90 Å². The van der Waals surface area contributed by atoms with E-state index in [9.17, 15) is 0 Å². The van der Waals surface area contributed by atoms with E-state index in [0.29, 0.717) is 0 Å².